The second kappa shape index (κ2) is 12.3. The number of hydrogen-bond donors (Lipinski definition) is 1. The molecule has 0 radical (unpaired) electrons. The molecular weight excluding hydrogens is 518 g/mol. The summed E-state index contributed by atoms with van der Waals surface area (Å²) in [6.07, 6.45) is 0. The molecule has 0 heterocycles. The summed E-state index contributed by atoms with van der Waals surface area (Å²) >= 11 is -9.19. The maximum atomic E-state index is 9.91. The molecule has 0 atom stereocenters. The fourth-order valence-electron chi connectivity index (χ4n) is 2.93. The van der Waals surface area contributed by atoms with Crippen molar-refractivity contribution in [2.45, 2.75) is 27.7 Å². The van der Waals surface area contributed by atoms with Crippen molar-refractivity contribution in [3.63, 3.8) is 0 Å². The van der Waals surface area contributed by atoms with Gasteiger partial charge >= 0.3 is 34.4 Å². The van der Waals surface area contributed by atoms with Crippen LogP contribution in [-0.2, 0) is 0 Å². The van der Waals surface area contributed by atoms with Crippen LogP contribution in [0.5, 0.6) is 0 Å². The van der Waals surface area contributed by atoms with E-state index in [1.165, 1.54) is 22.7 Å². The van der Waals surface area contributed by atoms with Gasteiger partial charge in [-0.2, -0.15) is 0 Å². The van der Waals surface area contributed by atoms with Crippen LogP contribution in [0.1, 0.15) is 27.7 Å². The molecule has 0 aliphatic heterocycles. The van der Waals surface area contributed by atoms with Gasteiger partial charge in [0.2, 0.25) is 0 Å². The molecule has 0 saturated heterocycles. The first-order valence-electron chi connectivity index (χ1n) is 9.61. The number of nitrogens with two attached hydrogens (primary N) is 1. The van der Waals surface area contributed by atoms with Gasteiger partial charge in [0.05, 0.1) is 0 Å². The predicted molar refractivity (Wildman–Crippen MR) is 113 cm³/mol. The van der Waals surface area contributed by atoms with Gasteiger partial charge in [0.25, 0.3) is 0 Å². The molecule has 2 aromatic rings. The van der Waals surface area contributed by atoms with Gasteiger partial charge in [-0.25, -0.2) is 0 Å². The first-order chi connectivity index (χ1) is 13.4. The first kappa shape index (κ1) is 28.4. The maximum absolute atomic E-state index is 9.91. The molecule has 2 N–H and O–H groups in total. The zero-order valence-corrected chi connectivity index (χ0v) is 20.2. The molecule has 0 aliphatic rings. The van der Waals surface area contributed by atoms with E-state index in [1.54, 1.807) is 0 Å². The molecule has 0 aromatic heterocycles. The summed E-state index contributed by atoms with van der Waals surface area (Å²) in [4.78, 5) is 4.73. The van der Waals surface area contributed by atoms with E-state index in [0.29, 0.717) is 0 Å². The number of rotatable bonds is 8. The fourth-order valence-corrected chi connectivity index (χ4v) is 2.93. The SMILES string of the molecule is CCN(CC)c1ccc([NH2+]c2ccc(N(CC)CC)cc2)cc1.[F-].[F][Sb]([F])([F])([F])[F]. The number of quaternary nitrogens is 1. The van der Waals surface area contributed by atoms with Crippen LogP contribution >= 0.6 is 0 Å². The fraction of sp³-hybridized carbons (Fsp3) is 0.400. The van der Waals surface area contributed by atoms with Crippen molar-refractivity contribution in [3.8, 4) is 0 Å². The zero-order chi connectivity index (χ0) is 22.1. The predicted octanol–water partition coefficient (Wildman–Crippen LogP) is 2.63. The van der Waals surface area contributed by atoms with E-state index in [2.05, 4.69) is 91.3 Å². The number of benzene rings is 2. The standard InChI is InChI=1S/C20H29N3.6FH.Sb/c1-5-22(6-2)19-13-9-17(10-14-19)21-18-11-15-20(16-12-18)23(7-3)8-4;;;;;;;/h9-16,21H,5-8H2,1-4H3;6*1H;/q;;;;;;;+5/p-5. The molecule has 0 bridgehead atoms. The molecule has 2 rings (SSSR count). The van der Waals surface area contributed by atoms with Crippen LogP contribution in [0.3, 0.4) is 0 Å². The Morgan fingerprint density at radius 3 is 1.03 bits per heavy atom. The summed E-state index contributed by atoms with van der Waals surface area (Å²) < 4.78 is 49.6. The van der Waals surface area contributed by atoms with Crippen LogP contribution in [0.25, 0.3) is 0 Å². The Kier molecular flexibility index (Phi) is 11.6. The molecule has 0 amide bonds. The van der Waals surface area contributed by atoms with Crippen molar-refractivity contribution in [1.29, 1.82) is 0 Å². The minimum atomic E-state index is -9.19. The van der Waals surface area contributed by atoms with Gasteiger partial charge in [-0.05, 0) is 52.0 Å². The Hall–Kier alpha value is -1.60. The monoisotopic (exact) mass is 547 g/mol. The van der Waals surface area contributed by atoms with Crippen molar-refractivity contribution < 1.29 is 24.1 Å². The molecule has 3 nitrogen and oxygen atoms in total. The summed E-state index contributed by atoms with van der Waals surface area (Å²) in [5.41, 5.74) is 5.08. The van der Waals surface area contributed by atoms with Gasteiger partial charge < -0.3 is 14.5 Å². The Morgan fingerprint density at radius 1 is 0.600 bits per heavy atom. The van der Waals surface area contributed by atoms with Crippen LogP contribution in [0.15, 0.2) is 48.5 Å². The van der Waals surface area contributed by atoms with Gasteiger partial charge in [0, 0.05) is 61.8 Å². The van der Waals surface area contributed by atoms with Crippen LogP contribution in [0, 0.1) is 0 Å². The molecule has 10 heteroatoms. The third kappa shape index (κ3) is 11.5. The number of nitrogens with zero attached hydrogens (tertiary/aromatic N) is 2. The quantitative estimate of drug-likeness (QED) is 0.312. The van der Waals surface area contributed by atoms with Gasteiger partial charge in [-0.15, -0.1) is 0 Å². The minimum absolute atomic E-state index is 0. The van der Waals surface area contributed by atoms with Crippen molar-refractivity contribution in [2.75, 3.05) is 36.0 Å². The summed E-state index contributed by atoms with van der Waals surface area (Å²) in [5.74, 6) is 0. The molecule has 0 unspecified atom stereocenters. The Morgan fingerprint density at radius 2 is 0.833 bits per heavy atom. The van der Waals surface area contributed by atoms with Gasteiger partial charge in [-0.3, -0.25) is 5.32 Å². The van der Waals surface area contributed by atoms with Gasteiger partial charge in [-0.1, -0.05) is 0 Å². The average molecular weight is 548 g/mol. The van der Waals surface area contributed by atoms with E-state index in [4.69, 9.17) is 0 Å². The van der Waals surface area contributed by atoms with Crippen LogP contribution in [-0.4, -0.2) is 46.5 Å². The van der Waals surface area contributed by atoms with Crippen LogP contribution < -0.4 is 19.8 Å². The summed E-state index contributed by atoms with van der Waals surface area (Å²) in [7, 11) is 0. The van der Waals surface area contributed by atoms with Crippen molar-refractivity contribution >= 4 is 43.1 Å². The van der Waals surface area contributed by atoms with E-state index in [0.717, 1.165) is 26.2 Å². The molecular formula is C20H30F6N3Sb. The first-order valence-corrected chi connectivity index (χ1v) is 14.4. The molecule has 0 saturated carbocycles. The third-order valence-corrected chi connectivity index (χ3v) is 4.38. The van der Waals surface area contributed by atoms with Crippen molar-refractivity contribution in [3.05, 3.63) is 48.5 Å². The van der Waals surface area contributed by atoms with Crippen LogP contribution in [0.2, 0.25) is 0 Å². The number of anilines is 2. The van der Waals surface area contributed by atoms with Crippen molar-refractivity contribution in [1.82, 2.24) is 0 Å². The number of halogens is 6. The third-order valence-electron chi connectivity index (χ3n) is 4.38. The second-order valence-corrected chi connectivity index (χ2v) is 9.96. The normalized spacial score (nSPS) is 12.0. The molecule has 0 fully saturated rings. The van der Waals surface area contributed by atoms with E-state index in [-0.39, 0.29) is 4.70 Å². The zero-order valence-electron chi connectivity index (χ0n) is 17.6. The van der Waals surface area contributed by atoms with Gasteiger partial charge in [0.1, 0.15) is 11.4 Å². The summed E-state index contributed by atoms with van der Waals surface area (Å²) in [6.45, 7) is 13.0. The molecule has 0 aliphatic carbocycles. The van der Waals surface area contributed by atoms with Gasteiger partial charge in [0.15, 0.2) is 0 Å². The number of hydrogen-bond acceptors (Lipinski definition) is 2. The van der Waals surface area contributed by atoms with Crippen LogP contribution in [0.4, 0.5) is 36.8 Å². The molecule has 172 valence electrons. The summed E-state index contributed by atoms with van der Waals surface area (Å²) in [5, 5.41) is 2.23. The Bertz CT molecular complexity index is 654. The topological polar surface area (TPSA) is 23.1 Å². The van der Waals surface area contributed by atoms with E-state index in [1.807, 2.05) is 0 Å². The molecule has 30 heavy (non-hydrogen) atoms. The molecule has 2 aromatic carbocycles. The van der Waals surface area contributed by atoms with E-state index < -0.39 is 20.3 Å². The second-order valence-electron chi connectivity index (χ2n) is 6.31. The average Bonchev–Trinajstić information content (AvgIpc) is 2.64. The Labute approximate surface area is 179 Å². The molecule has 0 spiro atoms. The Balaban J connectivity index is 0.00000105. The summed E-state index contributed by atoms with van der Waals surface area (Å²) in [6, 6.07) is 17.6. The van der Waals surface area contributed by atoms with E-state index in [9.17, 15) is 14.1 Å². The van der Waals surface area contributed by atoms with E-state index >= 15 is 0 Å². The van der Waals surface area contributed by atoms with Crippen molar-refractivity contribution in [2.24, 2.45) is 0 Å².